The van der Waals surface area contributed by atoms with E-state index in [1.165, 1.54) is 36.4 Å². The Morgan fingerprint density at radius 3 is 2.42 bits per heavy atom. The molecule has 3 aromatic carbocycles. The third kappa shape index (κ3) is 6.14. The maximum Gasteiger partial charge on any atom is 0.333 e. The number of carboxylic acids is 1. The number of halogens is 3. The summed E-state index contributed by atoms with van der Waals surface area (Å²) in [7, 11) is 0. The largest absolute Gasteiger partial charge is 0.493 e. The van der Waals surface area contributed by atoms with E-state index in [-0.39, 0.29) is 17.9 Å². The van der Waals surface area contributed by atoms with Crippen LogP contribution in [0.3, 0.4) is 0 Å². The van der Waals surface area contributed by atoms with Gasteiger partial charge in [0.1, 0.15) is 17.3 Å². The van der Waals surface area contributed by atoms with Gasteiger partial charge in [-0.05, 0) is 41.5 Å². The molecule has 1 unspecified atom stereocenters. The van der Waals surface area contributed by atoms with Crippen LogP contribution in [0.2, 0.25) is 5.02 Å². The maximum absolute atomic E-state index is 14.2. The zero-order chi connectivity index (χ0) is 27.4. The third-order valence-corrected chi connectivity index (χ3v) is 5.74. The number of para-hydroxylation sites is 1. The summed E-state index contributed by atoms with van der Waals surface area (Å²) in [6.45, 7) is -0.542. The van der Waals surface area contributed by atoms with E-state index >= 15 is 0 Å². The number of aromatic hydroxyl groups is 1. The van der Waals surface area contributed by atoms with E-state index in [4.69, 9.17) is 16.7 Å². The summed E-state index contributed by atoms with van der Waals surface area (Å²) >= 11 is 5.97. The van der Waals surface area contributed by atoms with E-state index in [1.807, 2.05) is 0 Å². The van der Waals surface area contributed by atoms with Crippen LogP contribution < -0.4 is 5.43 Å². The van der Waals surface area contributed by atoms with Crippen molar-refractivity contribution in [3.8, 4) is 22.7 Å². The topological polar surface area (TPSA) is 128 Å². The molecule has 38 heavy (non-hydrogen) atoms. The summed E-state index contributed by atoms with van der Waals surface area (Å²) in [5, 5.41) is 34.7. The molecule has 1 aromatic heterocycles. The normalized spacial score (nSPS) is 11.9. The third-order valence-electron chi connectivity index (χ3n) is 5.51. The van der Waals surface area contributed by atoms with Crippen molar-refractivity contribution >= 4 is 23.5 Å². The van der Waals surface area contributed by atoms with Crippen LogP contribution >= 0.6 is 11.6 Å². The summed E-state index contributed by atoms with van der Waals surface area (Å²) < 4.78 is 29.2. The number of aliphatic carboxylic acids is 1. The van der Waals surface area contributed by atoms with Gasteiger partial charge in [0.15, 0.2) is 11.8 Å². The number of carbonyl (C=O) groups excluding carboxylic acids is 1. The fourth-order valence-electron chi connectivity index (χ4n) is 3.65. The Morgan fingerprint density at radius 2 is 1.74 bits per heavy atom. The minimum atomic E-state index is -1.83. The van der Waals surface area contributed by atoms with E-state index in [1.54, 1.807) is 24.3 Å². The second kappa shape index (κ2) is 11.4. The molecular weight excluding hydrogens is 522 g/mol. The Labute approximate surface area is 220 Å². The molecule has 196 valence electrons. The van der Waals surface area contributed by atoms with E-state index in [0.717, 1.165) is 21.8 Å². The van der Waals surface area contributed by atoms with Crippen molar-refractivity contribution in [3.63, 3.8) is 0 Å². The van der Waals surface area contributed by atoms with Gasteiger partial charge in [-0.15, -0.1) is 0 Å². The van der Waals surface area contributed by atoms with Gasteiger partial charge in [0.25, 0.3) is 5.91 Å². The van der Waals surface area contributed by atoms with E-state index in [2.05, 4.69) is 10.5 Å². The lowest BCUT2D eigenvalue weighted by atomic mass is 10.0. The quantitative estimate of drug-likeness (QED) is 0.237. The Kier molecular flexibility index (Phi) is 8.01. The van der Waals surface area contributed by atoms with Crippen molar-refractivity contribution in [2.24, 2.45) is 0 Å². The van der Waals surface area contributed by atoms with Crippen molar-refractivity contribution in [2.45, 2.75) is 12.6 Å². The van der Waals surface area contributed by atoms with Crippen molar-refractivity contribution in [1.29, 1.82) is 0 Å². The molecule has 0 spiro atoms. The predicted octanol–water partition coefficient (Wildman–Crippen LogP) is 3.77. The number of hydrogen-bond donors (Lipinski definition) is 4. The molecule has 0 saturated heterocycles. The van der Waals surface area contributed by atoms with Gasteiger partial charge in [-0.1, -0.05) is 48.0 Å². The molecule has 0 bridgehead atoms. The fraction of sp³-hybridized carbons (Fsp3) is 0.115. The Balaban J connectivity index is 1.54. The Hall–Kier alpha value is -4.32. The first kappa shape index (κ1) is 26.7. The smallest absolute Gasteiger partial charge is 0.333 e. The summed E-state index contributed by atoms with van der Waals surface area (Å²) in [6.07, 6.45) is -1.83. The average molecular weight is 543 g/mol. The number of hydrazine groups is 1. The number of amides is 1. The standard InChI is InChI=1S/C26H21ClF2N4O5/c27-17-9-10-19(28)18(11-17)16-7-5-15(6-8-16)13-32(14-23(34)26(37)38)31-25(36)21-12-24(35)33(30-21)22-4-2-1-3-20(22)29/h1-12,23,34-35H,13-14H2,(H,31,36)(H,37,38). The number of rotatable bonds is 9. The Morgan fingerprint density at radius 1 is 1.03 bits per heavy atom. The van der Waals surface area contributed by atoms with Crippen LogP contribution in [0.1, 0.15) is 16.1 Å². The highest BCUT2D eigenvalue weighted by Gasteiger charge is 2.23. The zero-order valence-electron chi connectivity index (χ0n) is 19.6. The van der Waals surface area contributed by atoms with E-state index < -0.39 is 42.0 Å². The highest BCUT2D eigenvalue weighted by Crippen LogP contribution is 2.26. The molecule has 0 aliphatic heterocycles. The average Bonchev–Trinajstić information content (AvgIpc) is 3.27. The minimum Gasteiger partial charge on any atom is -0.493 e. The molecular formula is C26H21ClF2N4O5. The number of carbonyl (C=O) groups is 2. The molecule has 0 saturated carbocycles. The number of carboxylic acid groups (broad SMARTS) is 1. The van der Waals surface area contributed by atoms with Gasteiger partial charge in [-0.2, -0.15) is 9.78 Å². The first-order valence-electron chi connectivity index (χ1n) is 11.2. The van der Waals surface area contributed by atoms with Gasteiger partial charge in [0.05, 0.1) is 6.54 Å². The van der Waals surface area contributed by atoms with Gasteiger partial charge in [0, 0.05) is 23.2 Å². The van der Waals surface area contributed by atoms with Gasteiger partial charge >= 0.3 is 5.97 Å². The molecule has 0 aliphatic carbocycles. The van der Waals surface area contributed by atoms with Gasteiger partial charge in [0.2, 0.25) is 5.88 Å². The molecule has 1 atom stereocenters. The first-order chi connectivity index (χ1) is 18.1. The lowest BCUT2D eigenvalue weighted by Crippen LogP contribution is -2.47. The van der Waals surface area contributed by atoms with Crippen LogP contribution in [0.5, 0.6) is 5.88 Å². The molecule has 12 heteroatoms. The van der Waals surface area contributed by atoms with Crippen molar-refractivity contribution in [2.75, 3.05) is 6.54 Å². The molecule has 0 radical (unpaired) electrons. The zero-order valence-corrected chi connectivity index (χ0v) is 20.3. The van der Waals surface area contributed by atoms with Gasteiger partial charge in [-0.3, -0.25) is 10.2 Å². The van der Waals surface area contributed by atoms with Crippen LogP contribution in [0.4, 0.5) is 8.78 Å². The molecule has 1 heterocycles. The summed E-state index contributed by atoms with van der Waals surface area (Å²) in [5.74, 6) is -3.98. The van der Waals surface area contributed by atoms with Crippen LogP contribution in [-0.4, -0.2) is 54.6 Å². The van der Waals surface area contributed by atoms with Gasteiger partial charge < -0.3 is 15.3 Å². The maximum atomic E-state index is 14.2. The summed E-state index contributed by atoms with van der Waals surface area (Å²) in [4.78, 5) is 24.1. The highest BCUT2D eigenvalue weighted by molar-refractivity contribution is 6.30. The number of aliphatic hydroxyl groups is 1. The van der Waals surface area contributed by atoms with Crippen molar-refractivity contribution in [1.82, 2.24) is 20.2 Å². The van der Waals surface area contributed by atoms with E-state index in [9.17, 15) is 28.6 Å². The number of aliphatic hydroxyl groups excluding tert-OH is 1. The van der Waals surface area contributed by atoms with Crippen LogP contribution in [0, 0.1) is 11.6 Å². The monoisotopic (exact) mass is 542 g/mol. The molecule has 4 rings (SSSR count). The van der Waals surface area contributed by atoms with Crippen LogP contribution in [-0.2, 0) is 11.3 Å². The Bertz CT molecular complexity index is 1480. The van der Waals surface area contributed by atoms with Crippen LogP contribution in [0.25, 0.3) is 16.8 Å². The first-order valence-corrected chi connectivity index (χ1v) is 11.6. The SMILES string of the molecule is O=C(NN(Cc1ccc(-c2cc(Cl)ccc2F)cc1)CC(O)C(=O)O)c1cc(O)n(-c2ccccc2F)n1. The number of benzene rings is 3. The number of nitrogens with one attached hydrogen (secondary N) is 1. The van der Waals surface area contributed by atoms with Gasteiger partial charge in [-0.25, -0.2) is 18.6 Å². The number of nitrogens with zero attached hydrogens (tertiary/aromatic N) is 3. The molecule has 4 aromatic rings. The number of hydrogen-bond acceptors (Lipinski definition) is 6. The molecule has 1 amide bonds. The molecule has 0 fully saturated rings. The molecule has 4 N–H and O–H groups in total. The number of aromatic nitrogens is 2. The summed E-state index contributed by atoms with van der Waals surface area (Å²) in [6, 6.07) is 17.2. The second-order valence-corrected chi connectivity index (χ2v) is 8.68. The van der Waals surface area contributed by atoms with Crippen LogP contribution in [0.15, 0.2) is 72.8 Å². The fourth-order valence-corrected chi connectivity index (χ4v) is 3.82. The summed E-state index contributed by atoms with van der Waals surface area (Å²) in [5.41, 5.74) is 3.51. The van der Waals surface area contributed by atoms with Crippen molar-refractivity contribution in [3.05, 3.63) is 101 Å². The lowest BCUT2D eigenvalue weighted by molar-refractivity contribution is -0.148. The minimum absolute atomic E-state index is 0.0472. The molecule has 0 aliphatic rings. The second-order valence-electron chi connectivity index (χ2n) is 8.25. The van der Waals surface area contributed by atoms with E-state index in [0.29, 0.717) is 21.7 Å². The predicted molar refractivity (Wildman–Crippen MR) is 134 cm³/mol. The lowest BCUT2D eigenvalue weighted by Gasteiger charge is -2.24. The van der Waals surface area contributed by atoms with Crippen molar-refractivity contribution < 1.29 is 33.7 Å². The molecule has 9 nitrogen and oxygen atoms in total. The highest BCUT2D eigenvalue weighted by atomic mass is 35.5.